The SMILES string of the molecule is O=C(CN1C(=O)CC1S(=O)(=O)Cc1ccc(C(=O)O)cc1)NCCCCCCc1ccc(Cl)cc1. The van der Waals surface area contributed by atoms with Crippen molar-refractivity contribution in [2.75, 3.05) is 13.1 Å². The van der Waals surface area contributed by atoms with Crippen LogP contribution in [-0.4, -0.2) is 54.7 Å². The van der Waals surface area contributed by atoms with Crippen LogP contribution < -0.4 is 5.32 Å². The van der Waals surface area contributed by atoms with Gasteiger partial charge in [0.2, 0.25) is 11.8 Å². The Balaban J connectivity index is 1.36. The van der Waals surface area contributed by atoms with Crippen molar-refractivity contribution in [2.24, 2.45) is 0 Å². The number of unbranched alkanes of at least 4 members (excludes halogenated alkanes) is 3. The number of carboxylic acids is 1. The molecule has 35 heavy (non-hydrogen) atoms. The van der Waals surface area contributed by atoms with E-state index in [-0.39, 0.29) is 36.1 Å². The number of amides is 2. The number of β-lactam (4-membered cyclic amide) rings is 1. The molecule has 10 heteroatoms. The first kappa shape index (κ1) is 26.7. The highest BCUT2D eigenvalue weighted by Crippen LogP contribution is 2.27. The first-order valence-corrected chi connectivity index (χ1v) is 13.6. The molecule has 1 aliphatic rings. The number of carbonyl (C=O) groups excluding carboxylic acids is 2. The molecule has 0 radical (unpaired) electrons. The number of halogens is 1. The number of carbonyl (C=O) groups is 3. The van der Waals surface area contributed by atoms with Crippen LogP contribution in [0.3, 0.4) is 0 Å². The van der Waals surface area contributed by atoms with Crippen molar-refractivity contribution in [2.45, 2.75) is 49.7 Å². The lowest BCUT2D eigenvalue weighted by Crippen LogP contribution is -2.59. The monoisotopic (exact) mass is 520 g/mol. The van der Waals surface area contributed by atoms with E-state index in [9.17, 15) is 22.8 Å². The van der Waals surface area contributed by atoms with Crippen LogP contribution >= 0.6 is 11.6 Å². The summed E-state index contributed by atoms with van der Waals surface area (Å²) >= 11 is 5.88. The van der Waals surface area contributed by atoms with Gasteiger partial charge >= 0.3 is 5.97 Å². The Morgan fingerprint density at radius 3 is 2.23 bits per heavy atom. The van der Waals surface area contributed by atoms with Gasteiger partial charge in [0.15, 0.2) is 9.84 Å². The second-order valence-corrected chi connectivity index (χ2v) is 11.2. The van der Waals surface area contributed by atoms with E-state index in [4.69, 9.17) is 16.7 Å². The number of hydrogen-bond acceptors (Lipinski definition) is 5. The molecular formula is C25H29ClN2O6S. The minimum Gasteiger partial charge on any atom is -0.478 e. The van der Waals surface area contributed by atoms with E-state index in [1.807, 2.05) is 24.3 Å². The van der Waals surface area contributed by atoms with Crippen LogP contribution in [0.5, 0.6) is 0 Å². The maximum atomic E-state index is 12.8. The third-order valence-electron chi connectivity index (χ3n) is 5.94. The summed E-state index contributed by atoms with van der Waals surface area (Å²) in [5.74, 6) is -2.19. The second kappa shape index (κ2) is 12.2. The summed E-state index contributed by atoms with van der Waals surface area (Å²) in [4.78, 5) is 36.3. The lowest BCUT2D eigenvalue weighted by atomic mass is 10.1. The Bertz CT molecular complexity index is 1150. The third kappa shape index (κ3) is 7.80. The molecule has 188 valence electrons. The summed E-state index contributed by atoms with van der Waals surface area (Å²) in [6.45, 7) is 0.173. The molecule has 0 spiro atoms. The highest BCUT2D eigenvalue weighted by molar-refractivity contribution is 7.91. The van der Waals surface area contributed by atoms with Gasteiger partial charge in [-0.2, -0.15) is 0 Å². The zero-order chi connectivity index (χ0) is 25.4. The van der Waals surface area contributed by atoms with Gasteiger partial charge in [0.05, 0.1) is 17.7 Å². The molecule has 3 rings (SSSR count). The number of benzene rings is 2. The fourth-order valence-electron chi connectivity index (χ4n) is 3.91. The van der Waals surface area contributed by atoms with Gasteiger partial charge in [0.25, 0.3) is 0 Å². The molecule has 2 N–H and O–H groups in total. The molecule has 0 aliphatic carbocycles. The van der Waals surface area contributed by atoms with Gasteiger partial charge in [-0.05, 0) is 54.7 Å². The topological polar surface area (TPSA) is 121 Å². The van der Waals surface area contributed by atoms with Crippen LogP contribution in [0.4, 0.5) is 0 Å². The number of aromatic carboxylic acids is 1. The second-order valence-electron chi connectivity index (χ2n) is 8.63. The predicted molar refractivity (Wildman–Crippen MR) is 133 cm³/mol. The number of aryl methyl sites for hydroxylation is 1. The normalized spacial score (nSPS) is 15.5. The molecule has 0 aromatic heterocycles. The van der Waals surface area contributed by atoms with E-state index >= 15 is 0 Å². The summed E-state index contributed by atoms with van der Waals surface area (Å²) in [5, 5.41) is 11.4. The van der Waals surface area contributed by atoms with Crippen LogP contribution in [0.25, 0.3) is 0 Å². The van der Waals surface area contributed by atoms with E-state index in [2.05, 4.69) is 5.32 Å². The Morgan fingerprint density at radius 1 is 0.971 bits per heavy atom. The molecule has 0 bridgehead atoms. The lowest BCUT2D eigenvalue weighted by molar-refractivity contribution is -0.145. The van der Waals surface area contributed by atoms with Gasteiger partial charge in [0.1, 0.15) is 11.9 Å². The molecule has 2 amide bonds. The summed E-state index contributed by atoms with van der Waals surface area (Å²) < 4.78 is 25.5. The Kier molecular flexibility index (Phi) is 9.28. The van der Waals surface area contributed by atoms with Crippen LogP contribution in [0.15, 0.2) is 48.5 Å². The molecule has 8 nitrogen and oxygen atoms in total. The first-order chi connectivity index (χ1) is 16.7. The molecule has 1 aliphatic heterocycles. The average molecular weight is 521 g/mol. The summed E-state index contributed by atoms with van der Waals surface area (Å²) in [7, 11) is -3.73. The van der Waals surface area contributed by atoms with Crippen molar-refractivity contribution in [3.8, 4) is 0 Å². The molecule has 1 fully saturated rings. The fraction of sp³-hybridized carbons (Fsp3) is 0.400. The van der Waals surface area contributed by atoms with Gasteiger partial charge in [0, 0.05) is 11.6 Å². The average Bonchev–Trinajstić information content (AvgIpc) is 2.81. The largest absolute Gasteiger partial charge is 0.478 e. The number of hydrogen-bond donors (Lipinski definition) is 2. The number of likely N-dealkylation sites (tertiary alicyclic amines) is 1. The van der Waals surface area contributed by atoms with Crippen LogP contribution in [0.2, 0.25) is 5.02 Å². The standard InChI is InChI=1S/C25H29ClN2O6S/c26-21-12-8-18(9-13-21)5-3-1-2-4-14-27-22(29)16-28-23(30)15-24(28)35(33,34)17-19-6-10-20(11-7-19)25(31)32/h6-13,24H,1-5,14-17H2,(H,27,29)(H,31,32). The van der Waals surface area contributed by atoms with E-state index in [1.54, 1.807) is 0 Å². The molecule has 1 unspecified atom stereocenters. The molecule has 2 aromatic carbocycles. The van der Waals surface area contributed by atoms with E-state index in [0.717, 1.165) is 42.0 Å². The Labute approximate surface area is 210 Å². The number of nitrogens with one attached hydrogen (secondary N) is 1. The summed E-state index contributed by atoms with van der Waals surface area (Å²) in [6.07, 6.45) is 4.63. The number of carboxylic acid groups (broad SMARTS) is 1. The van der Waals surface area contributed by atoms with Crippen molar-refractivity contribution >= 4 is 39.2 Å². The maximum absolute atomic E-state index is 12.8. The van der Waals surface area contributed by atoms with Crippen molar-refractivity contribution in [3.05, 3.63) is 70.2 Å². The van der Waals surface area contributed by atoms with E-state index in [1.165, 1.54) is 29.8 Å². The van der Waals surface area contributed by atoms with Crippen molar-refractivity contribution < 1.29 is 27.9 Å². The quantitative estimate of drug-likeness (QED) is 0.308. The molecule has 2 aromatic rings. The van der Waals surface area contributed by atoms with Crippen LogP contribution in [-0.2, 0) is 31.6 Å². The zero-order valence-corrected chi connectivity index (χ0v) is 20.9. The molecule has 1 saturated heterocycles. The Hall–Kier alpha value is -2.91. The van der Waals surface area contributed by atoms with Gasteiger partial charge in [-0.3, -0.25) is 9.59 Å². The zero-order valence-electron chi connectivity index (χ0n) is 19.3. The van der Waals surface area contributed by atoms with Gasteiger partial charge in [-0.25, -0.2) is 13.2 Å². The van der Waals surface area contributed by atoms with Crippen LogP contribution in [0, 0.1) is 0 Å². The third-order valence-corrected chi connectivity index (χ3v) is 8.18. The van der Waals surface area contributed by atoms with Gasteiger partial charge in [-0.15, -0.1) is 0 Å². The number of nitrogens with zero attached hydrogens (tertiary/aromatic N) is 1. The lowest BCUT2D eigenvalue weighted by Gasteiger charge is -2.39. The number of sulfone groups is 1. The minimum absolute atomic E-state index is 0.0600. The minimum atomic E-state index is -3.73. The predicted octanol–water partition coefficient (Wildman–Crippen LogP) is 3.43. The summed E-state index contributed by atoms with van der Waals surface area (Å²) in [5.41, 5.74) is 1.73. The number of rotatable bonds is 13. The first-order valence-electron chi connectivity index (χ1n) is 11.5. The summed E-state index contributed by atoms with van der Waals surface area (Å²) in [6, 6.07) is 13.3. The van der Waals surface area contributed by atoms with E-state index < -0.39 is 21.2 Å². The highest BCUT2D eigenvalue weighted by Gasteiger charge is 2.45. The maximum Gasteiger partial charge on any atom is 0.335 e. The molecule has 1 atom stereocenters. The highest BCUT2D eigenvalue weighted by atomic mass is 35.5. The molecule has 1 heterocycles. The molecule has 0 saturated carbocycles. The Morgan fingerprint density at radius 2 is 1.60 bits per heavy atom. The fourth-order valence-corrected chi connectivity index (χ4v) is 5.86. The molecular weight excluding hydrogens is 492 g/mol. The van der Waals surface area contributed by atoms with Gasteiger partial charge < -0.3 is 15.3 Å². The van der Waals surface area contributed by atoms with Crippen molar-refractivity contribution in [1.29, 1.82) is 0 Å². The van der Waals surface area contributed by atoms with Crippen molar-refractivity contribution in [3.63, 3.8) is 0 Å². The van der Waals surface area contributed by atoms with E-state index in [0.29, 0.717) is 12.1 Å². The van der Waals surface area contributed by atoms with Crippen LogP contribution in [0.1, 0.15) is 53.6 Å². The smallest absolute Gasteiger partial charge is 0.335 e. The van der Waals surface area contributed by atoms with Crippen molar-refractivity contribution in [1.82, 2.24) is 10.2 Å². The van der Waals surface area contributed by atoms with Gasteiger partial charge in [-0.1, -0.05) is 48.7 Å².